The van der Waals surface area contributed by atoms with E-state index in [1.807, 2.05) is 13.8 Å². The van der Waals surface area contributed by atoms with Crippen LogP contribution in [0.4, 0.5) is 8.78 Å². The standard InChI is InChI=1S/C14H16F2N2O/c1-3-14(4-2,9-17)18-13(19)8-10-5-6-11(15)12(16)7-10/h5-7H,3-4,8H2,1-2H3,(H,18,19). The Morgan fingerprint density at radius 1 is 1.32 bits per heavy atom. The molecule has 0 saturated carbocycles. The Hall–Kier alpha value is -1.96. The van der Waals surface area contributed by atoms with E-state index in [1.54, 1.807) is 0 Å². The van der Waals surface area contributed by atoms with Crippen LogP contribution in [-0.2, 0) is 11.2 Å². The van der Waals surface area contributed by atoms with Crippen LogP contribution in [0.25, 0.3) is 0 Å². The number of nitrogens with zero attached hydrogens (tertiary/aromatic N) is 1. The van der Waals surface area contributed by atoms with Crippen LogP contribution in [0.1, 0.15) is 32.3 Å². The van der Waals surface area contributed by atoms with Gasteiger partial charge in [0.1, 0.15) is 5.54 Å². The van der Waals surface area contributed by atoms with Crippen LogP contribution in [0.3, 0.4) is 0 Å². The molecule has 0 bridgehead atoms. The number of rotatable bonds is 5. The zero-order valence-corrected chi connectivity index (χ0v) is 11.0. The number of nitrogens with one attached hydrogen (secondary N) is 1. The second-order valence-corrected chi connectivity index (χ2v) is 4.37. The molecule has 1 amide bonds. The molecule has 1 N–H and O–H groups in total. The van der Waals surface area contributed by atoms with E-state index in [9.17, 15) is 13.6 Å². The van der Waals surface area contributed by atoms with Crippen LogP contribution in [0.15, 0.2) is 18.2 Å². The summed E-state index contributed by atoms with van der Waals surface area (Å²) in [6.07, 6.45) is 0.896. The number of carbonyl (C=O) groups excluding carboxylic acids is 1. The normalized spacial score (nSPS) is 10.9. The highest BCUT2D eigenvalue weighted by atomic mass is 19.2. The first kappa shape index (κ1) is 15.1. The third kappa shape index (κ3) is 3.75. The lowest BCUT2D eigenvalue weighted by Gasteiger charge is -2.24. The Morgan fingerprint density at radius 3 is 2.42 bits per heavy atom. The molecule has 1 rings (SSSR count). The van der Waals surface area contributed by atoms with Gasteiger partial charge in [-0.05, 0) is 30.5 Å². The predicted molar refractivity (Wildman–Crippen MR) is 67.1 cm³/mol. The first-order chi connectivity index (χ1) is 8.96. The average molecular weight is 266 g/mol. The minimum atomic E-state index is -0.983. The fraction of sp³-hybridized carbons (Fsp3) is 0.429. The number of benzene rings is 1. The van der Waals surface area contributed by atoms with E-state index in [0.717, 1.165) is 12.1 Å². The van der Waals surface area contributed by atoms with Gasteiger partial charge in [0.05, 0.1) is 12.5 Å². The lowest BCUT2D eigenvalue weighted by Crippen LogP contribution is -2.47. The summed E-state index contributed by atoms with van der Waals surface area (Å²) < 4.78 is 25.8. The molecule has 0 spiro atoms. The third-order valence-corrected chi connectivity index (χ3v) is 3.15. The molecule has 0 aliphatic heterocycles. The summed E-state index contributed by atoms with van der Waals surface area (Å²) in [4.78, 5) is 11.8. The predicted octanol–water partition coefficient (Wildman–Crippen LogP) is 2.71. The Balaban J connectivity index is 2.75. The summed E-state index contributed by atoms with van der Waals surface area (Å²) in [5.74, 6) is -2.31. The van der Waals surface area contributed by atoms with Crippen molar-refractivity contribution in [3.8, 4) is 6.07 Å². The monoisotopic (exact) mass is 266 g/mol. The van der Waals surface area contributed by atoms with E-state index < -0.39 is 17.2 Å². The van der Waals surface area contributed by atoms with Crippen LogP contribution >= 0.6 is 0 Å². The van der Waals surface area contributed by atoms with Crippen molar-refractivity contribution in [1.82, 2.24) is 5.32 Å². The van der Waals surface area contributed by atoms with Gasteiger partial charge < -0.3 is 5.32 Å². The molecule has 0 aliphatic carbocycles. The van der Waals surface area contributed by atoms with Gasteiger partial charge in [0.15, 0.2) is 11.6 Å². The second-order valence-electron chi connectivity index (χ2n) is 4.37. The molecular weight excluding hydrogens is 250 g/mol. The van der Waals surface area contributed by atoms with Gasteiger partial charge >= 0.3 is 0 Å². The van der Waals surface area contributed by atoms with E-state index in [0.29, 0.717) is 18.4 Å². The van der Waals surface area contributed by atoms with Gasteiger partial charge in [-0.25, -0.2) is 8.78 Å². The molecule has 1 aromatic rings. The molecule has 5 heteroatoms. The maximum Gasteiger partial charge on any atom is 0.225 e. The fourth-order valence-corrected chi connectivity index (χ4v) is 1.76. The highest BCUT2D eigenvalue weighted by Gasteiger charge is 2.27. The molecule has 0 atom stereocenters. The van der Waals surface area contributed by atoms with Crippen molar-refractivity contribution < 1.29 is 13.6 Å². The molecule has 0 aromatic heterocycles. The summed E-state index contributed by atoms with van der Waals surface area (Å²) in [5, 5.41) is 11.7. The average Bonchev–Trinajstić information content (AvgIpc) is 2.40. The SMILES string of the molecule is CCC(C#N)(CC)NC(=O)Cc1ccc(F)c(F)c1. The van der Waals surface area contributed by atoms with Crippen molar-refractivity contribution in [3.63, 3.8) is 0 Å². The van der Waals surface area contributed by atoms with Crippen molar-refractivity contribution in [3.05, 3.63) is 35.4 Å². The summed E-state index contributed by atoms with van der Waals surface area (Å²) >= 11 is 0. The number of halogens is 2. The minimum absolute atomic E-state index is 0.0827. The number of amides is 1. The molecule has 102 valence electrons. The quantitative estimate of drug-likeness (QED) is 0.890. The number of hydrogen-bond donors (Lipinski definition) is 1. The van der Waals surface area contributed by atoms with E-state index in [1.165, 1.54) is 6.07 Å². The molecule has 3 nitrogen and oxygen atoms in total. The molecule has 19 heavy (non-hydrogen) atoms. The lowest BCUT2D eigenvalue weighted by molar-refractivity contribution is -0.121. The molecule has 1 aromatic carbocycles. The van der Waals surface area contributed by atoms with Gasteiger partial charge in [0.2, 0.25) is 5.91 Å². The fourth-order valence-electron chi connectivity index (χ4n) is 1.76. The second kappa shape index (κ2) is 6.28. The van der Waals surface area contributed by atoms with E-state index >= 15 is 0 Å². The van der Waals surface area contributed by atoms with Crippen molar-refractivity contribution in [2.24, 2.45) is 0 Å². The summed E-state index contributed by atoms with van der Waals surface area (Å²) in [5.41, 5.74) is -0.522. The van der Waals surface area contributed by atoms with Crippen LogP contribution in [0.5, 0.6) is 0 Å². The van der Waals surface area contributed by atoms with Crippen molar-refractivity contribution in [1.29, 1.82) is 5.26 Å². The van der Waals surface area contributed by atoms with Gasteiger partial charge in [-0.15, -0.1) is 0 Å². The van der Waals surface area contributed by atoms with E-state index in [2.05, 4.69) is 11.4 Å². The van der Waals surface area contributed by atoms with Gasteiger partial charge in [-0.1, -0.05) is 19.9 Å². The summed E-state index contributed by atoms with van der Waals surface area (Å²) in [6, 6.07) is 5.41. The highest BCUT2D eigenvalue weighted by Crippen LogP contribution is 2.15. The van der Waals surface area contributed by atoms with Crippen LogP contribution in [-0.4, -0.2) is 11.4 Å². The van der Waals surface area contributed by atoms with Crippen molar-refractivity contribution >= 4 is 5.91 Å². The zero-order valence-electron chi connectivity index (χ0n) is 11.0. The molecule has 0 heterocycles. The van der Waals surface area contributed by atoms with Crippen LogP contribution in [0.2, 0.25) is 0 Å². The largest absolute Gasteiger partial charge is 0.338 e. The van der Waals surface area contributed by atoms with Crippen LogP contribution < -0.4 is 5.32 Å². The van der Waals surface area contributed by atoms with Crippen molar-refractivity contribution in [2.75, 3.05) is 0 Å². The molecule has 0 saturated heterocycles. The molecule has 0 aliphatic rings. The van der Waals surface area contributed by atoms with Crippen LogP contribution in [0, 0.1) is 23.0 Å². The Morgan fingerprint density at radius 2 is 1.95 bits per heavy atom. The Kier molecular flexibility index (Phi) is 4.99. The number of carbonyl (C=O) groups is 1. The smallest absolute Gasteiger partial charge is 0.225 e. The minimum Gasteiger partial charge on any atom is -0.338 e. The maximum absolute atomic E-state index is 13.0. The first-order valence-electron chi connectivity index (χ1n) is 6.12. The summed E-state index contributed by atoms with van der Waals surface area (Å²) in [6.45, 7) is 3.62. The van der Waals surface area contributed by atoms with Crippen molar-refractivity contribution in [2.45, 2.75) is 38.6 Å². The van der Waals surface area contributed by atoms with Gasteiger partial charge in [-0.3, -0.25) is 4.79 Å². The number of hydrogen-bond acceptors (Lipinski definition) is 2. The number of nitriles is 1. The molecule has 0 fully saturated rings. The summed E-state index contributed by atoms with van der Waals surface area (Å²) in [7, 11) is 0. The zero-order chi connectivity index (χ0) is 14.5. The Labute approximate surface area is 111 Å². The van der Waals surface area contributed by atoms with E-state index in [-0.39, 0.29) is 12.3 Å². The maximum atomic E-state index is 13.0. The first-order valence-corrected chi connectivity index (χ1v) is 6.12. The molecule has 0 radical (unpaired) electrons. The Bertz CT molecular complexity index is 505. The van der Waals surface area contributed by atoms with Gasteiger partial charge in [0, 0.05) is 0 Å². The van der Waals surface area contributed by atoms with E-state index in [4.69, 9.17) is 5.26 Å². The lowest BCUT2D eigenvalue weighted by atomic mass is 9.94. The van der Waals surface area contributed by atoms with Gasteiger partial charge in [-0.2, -0.15) is 5.26 Å². The topological polar surface area (TPSA) is 52.9 Å². The third-order valence-electron chi connectivity index (χ3n) is 3.15. The molecule has 0 unspecified atom stereocenters. The highest BCUT2D eigenvalue weighted by molar-refractivity contribution is 5.79. The van der Waals surface area contributed by atoms with Gasteiger partial charge in [0.25, 0.3) is 0 Å². The molecular formula is C14H16F2N2O.